The zero-order chi connectivity index (χ0) is 34.7. The topological polar surface area (TPSA) is 132 Å². The highest BCUT2D eigenvalue weighted by Crippen LogP contribution is 2.43. The van der Waals surface area contributed by atoms with Gasteiger partial charge in [-0.2, -0.15) is 0 Å². The molecule has 0 radical (unpaired) electrons. The number of unbranched alkanes of at least 4 members (excludes halogenated alkanes) is 15. The van der Waals surface area contributed by atoms with Crippen molar-refractivity contribution in [2.24, 2.45) is 0 Å². The molecule has 276 valence electrons. The number of carbonyl (C=O) groups is 1. The van der Waals surface area contributed by atoms with E-state index in [0.717, 1.165) is 70.6 Å². The molecule has 0 spiro atoms. The van der Waals surface area contributed by atoms with Crippen molar-refractivity contribution < 1.29 is 43.0 Å². The Bertz CT molecular complexity index is 831. The largest absolute Gasteiger partial charge is 0.472 e. The van der Waals surface area contributed by atoms with Crippen LogP contribution in [0.1, 0.15) is 149 Å². The molecule has 0 rings (SSSR count). The Morgan fingerprint density at radius 1 is 0.681 bits per heavy atom. The van der Waals surface area contributed by atoms with Gasteiger partial charge in [0.1, 0.15) is 12.2 Å². The molecule has 0 aliphatic heterocycles. The third-order valence-corrected chi connectivity index (χ3v) is 8.54. The third-order valence-electron chi connectivity index (χ3n) is 7.59. The number of rotatable bonds is 35. The first kappa shape index (κ1) is 45.7. The highest BCUT2D eigenvalue weighted by molar-refractivity contribution is 7.47. The van der Waals surface area contributed by atoms with Crippen LogP contribution in [0.25, 0.3) is 0 Å². The number of ether oxygens (including phenoxy) is 2. The van der Waals surface area contributed by atoms with Gasteiger partial charge >= 0.3 is 13.8 Å². The molecule has 0 aromatic carbocycles. The average molecular weight is 689 g/mol. The number of hydrogen-bond acceptors (Lipinski definition) is 8. The van der Waals surface area contributed by atoms with Gasteiger partial charge in [-0.15, -0.1) is 0 Å². The van der Waals surface area contributed by atoms with Crippen molar-refractivity contribution in [3.8, 4) is 0 Å². The van der Waals surface area contributed by atoms with Gasteiger partial charge in [0.05, 0.1) is 26.4 Å². The zero-order valence-corrected chi connectivity index (χ0v) is 30.6. The van der Waals surface area contributed by atoms with Crippen LogP contribution in [0, 0.1) is 0 Å². The highest BCUT2D eigenvalue weighted by Gasteiger charge is 2.26. The van der Waals surface area contributed by atoms with Crippen LogP contribution in [-0.2, 0) is 27.9 Å². The van der Waals surface area contributed by atoms with Gasteiger partial charge in [0.15, 0.2) is 0 Å². The maximum atomic E-state index is 12.5. The van der Waals surface area contributed by atoms with Crippen LogP contribution in [-0.4, -0.2) is 66.3 Å². The molecule has 9 nitrogen and oxygen atoms in total. The summed E-state index contributed by atoms with van der Waals surface area (Å²) in [4.78, 5) is 22.4. The molecule has 47 heavy (non-hydrogen) atoms. The predicted octanol–water partition coefficient (Wildman–Crippen LogP) is 9.30. The number of aliphatic hydroxyl groups is 2. The fourth-order valence-electron chi connectivity index (χ4n) is 4.78. The predicted molar refractivity (Wildman–Crippen MR) is 191 cm³/mol. The molecule has 0 amide bonds. The number of phosphoric ester groups is 1. The first-order chi connectivity index (χ1) is 22.8. The lowest BCUT2D eigenvalue weighted by molar-refractivity contribution is -0.154. The molecule has 10 heteroatoms. The summed E-state index contributed by atoms with van der Waals surface area (Å²) in [6, 6.07) is 0. The van der Waals surface area contributed by atoms with Crippen LogP contribution in [0.4, 0.5) is 0 Å². The van der Waals surface area contributed by atoms with Crippen LogP contribution >= 0.6 is 7.82 Å². The summed E-state index contributed by atoms with van der Waals surface area (Å²) in [5, 5.41) is 18.3. The lowest BCUT2D eigenvalue weighted by Crippen LogP contribution is -2.29. The van der Waals surface area contributed by atoms with Crippen molar-refractivity contribution in [1.29, 1.82) is 0 Å². The number of hydrogen-bond donors (Lipinski definition) is 3. The second-order valence-electron chi connectivity index (χ2n) is 12.2. The number of carbonyl (C=O) groups excluding carboxylic acids is 1. The molecule has 0 aliphatic carbocycles. The second kappa shape index (κ2) is 34.5. The van der Waals surface area contributed by atoms with Gasteiger partial charge in [-0.05, 0) is 44.9 Å². The Morgan fingerprint density at radius 2 is 1.21 bits per heavy atom. The molecule has 0 aliphatic rings. The van der Waals surface area contributed by atoms with E-state index in [1.54, 1.807) is 0 Å². The fraction of sp³-hybridized carbons (Fsp3) is 0.811. The van der Waals surface area contributed by atoms with Crippen molar-refractivity contribution in [2.45, 2.75) is 161 Å². The molecule has 0 aromatic heterocycles. The molecule has 0 saturated carbocycles. The minimum Gasteiger partial charge on any atom is -0.457 e. The molecule has 3 atom stereocenters. The molecule has 0 heterocycles. The van der Waals surface area contributed by atoms with E-state index < -0.39 is 39.2 Å². The monoisotopic (exact) mass is 688 g/mol. The summed E-state index contributed by atoms with van der Waals surface area (Å²) >= 11 is 0. The Hall–Kier alpha value is -1.32. The van der Waals surface area contributed by atoms with Crippen molar-refractivity contribution in [2.75, 3.05) is 33.0 Å². The first-order valence-electron chi connectivity index (χ1n) is 18.5. The van der Waals surface area contributed by atoms with Crippen LogP contribution in [0.2, 0.25) is 0 Å². The van der Waals surface area contributed by atoms with Crippen LogP contribution in [0.5, 0.6) is 0 Å². The van der Waals surface area contributed by atoms with Crippen molar-refractivity contribution >= 4 is 13.8 Å². The maximum absolute atomic E-state index is 12.5. The van der Waals surface area contributed by atoms with E-state index in [2.05, 4.69) is 50.3 Å². The van der Waals surface area contributed by atoms with Crippen molar-refractivity contribution in [3.05, 3.63) is 36.5 Å². The van der Waals surface area contributed by atoms with Crippen molar-refractivity contribution in [1.82, 2.24) is 0 Å². The molecule has 3 unspecified atom stereocenters. The molecule has 0 saturated heterocycles. The van der Waals surface area contributed by atoms with Crippen molar-refractivity contribution in [3.63, 3.8) is 0 Å². The lowest BCUT2D eigenvalue weighted by atomic mass is 10.0. The number of aliphatic hydroxyl groups excluding tert-OH is 2. The molecule has 0 fully saturated rings. The summed E-state index contributed by atoms with van der Waals surface area (Å²) in [5.41, 5.74) is 0. The number of phosphoric acid groups is 1. The normalized spacial score (nSPS) is 14.7. The zero-order valence-electron chi connectivity index (χ0n) is 29.7. The summed E-state index contributed by atoms with van der Waals surface area (Å²) in [5.74, 6) is -0.393. The Morgan fingerprint density at radius 3 is 1.83 bits per heavy atom. The van der Waals surface area contributed by atoms with E-state index in [-0.39, 0.29) is 19.6 Å². The van der Waals surface area contributed by atoms with Gasteiger partial charge in [0, 0.05) is 13.0 Å². The van der Waals surface area contributed by atoms with Gasteiger partial charge in [0.25, 0.3) is 0 Å². The number of allylic oxidation sites excluding steroid dienone is 6. The average Bonchev–Trinajstić information content (AvgIpc) is 3.06. The van der Waals surface area contributed by atoms with E-state index in [1.165, 1.54) is 57.8 Å². The highest BCUT2D eigenvalue weighted by atomic mass is 31.2. The van der Waals surface area contributed by atoms with Crippen LogP contribution in [0.3, 0.4) is 0 Å². The maximum Gasteiger partial charge on any atom is 0.472 e. The number of esters is 1. The van der Waals surface area contributed by atoms with E-state index in [0.29, 0.717) is 6.61 Å². The summed E-state index contributed by atoms with van der Waals surface area (Å²) in [6.45, 7) is 3.33. The van der Waals surface area contributed by atoms with Gasteiger partial charge in [-0.25, -0.2) is 4.57 Å². The Labute approximate surface area is 286 Å². The minimum atomic E-state index is -4.51. The van der Waals surface area contributed by atoms with E-state index in [4.69, 9.17) is 23.6 Å². The lowest BCUT2D eigenvalue weighted by Gasteiger charge is -2.20. The Kier molecular flexibility index (Phi) is 33.6. The van der Waals surface area contributed by atoms with Gasteiger partial charge in [-0.3, -0.25) is 13.8 Å². The quantitative estimate of drug-likeness (QED) is 0.0258. The third kappa shape index (κ3) is 34.3. The molecule has 0 bridgehead atoms. The van der Waals surface area contributed by atoms with Gasteiger partial charge < -0.3 is 24.6 Å². The van der Waals surface area contributed by atoms with Crippen LogP contribution < -0.4 is 0 Å². The van der Waals surface area contributed by atoms with Gasteiger partial charge in [0.2, 0.25) is 0 Å². The molecular weight excluding hydrogens is 619 g/mol. The van der Waals surface area contributed by atoms with E-state index in [1.807, 2.05) is 0 Å². The summed E-state index contributed by atoms with van der Waals surface area (Å²) in [6.07, 6.45) is 33.9. The van der Waals surface area contributed by atoms with E-state index in [9.17, 15) is 19.4 Å². The fourth-order valence-corrected chi connectivity index (χ4v) is 5.57. The molecule has 0 aromatic rings. The van der Waals surface area contributed by atoms with Gasteiger partial charge in [-0.1, -0.05) is 134 Å². The summed E-state index contributed by atoms with van der Waals surface area (Å²) < 4.78 is 33.2. The smallest absolute Gasteiger partial charge is 0.457 e. The van der Waals surface area contributed by atoms with E-state index >= 15 is 0 Å². The SMILES string of the molecule is CC/C=C\C/C=C\C/C=C\CCCCCCOCC(COP(=O)(O)OCC(O)CO)OC(=O)CCCCCCCCCCCCCC. The minimum absolute atomic E-state index is 0.0357. The van der Waals surface area contributed by atoms with Crippen LogP contribution in [0.15, 0.2) is 36.5 Å². The molecule has 3 N–H and O–H groups in total. The summed E-state index contributed by atoms with van der Waals surface area (Å²) in [7, 11) is -4.51. The molecular formula is C37H69O9P. The Balaban J connectivity index is 4.29. The first-order valence-corrected chi connectivity index (χ1v) is 20.0. The second-order valence-corrected chi connectivity index (χ2v) is 13.7. The standard InChI is InChI=1S/C37H69O9P/c1-3-5-7-9-11-13-15-17-18-20-22-24-26-28-30-43-33-36(34-45-47(41,42)44-32-35(39)31-38)46-37(40)29-27-25-23-21-19-16-14-12-10-8-6-4-2/h5,7,11,13,17-18,35-36,38-39H,3-4,6,8-10,12,14-16,19-34H2,1-2H3,(H,41,42)/b7-5-,13-11-,18-17-.